The molecule has 1 rings (SSSR count). The summed E-state index contributed by atoms with van der Waals surface area (Å²) in [5, 5.41) is 15.7. The zero-order valence-corrected chi connectivity index (χ0v) is 6.39. The van der Waals surface area contributed by atoms with Crippen LogP contribution in [0.4, 0.5) is 0 Å². The minimum atomic E-state index is -1.44. The van der Waals surface area contributed by atoms with Gasteiger partial charge < -0.3 is 5.11 Å². The number of hydrogen-bond acceptors (Lipinski definition) is 4. The normalized spacial score (nSPS) is 9.75. The van der Waals surface area contributed by atoms with E-state index >= 15 is 0 Å². The van der Waals surface area contributed by atoms with Crippen LogP contribution < -0.4 is 0 Å². The maximum absolute atomic E-state index is 10.6. The number of aliphatic carboxylic acids is 1. The predicted molar refractivity (Wildman–Crippen MR) is 37.3 cm³/mol. The van der Waals surface area contributed by atoms with E-state index in [0.717, 1.165) is 0 Å². The minimum absolute atomic E-state index is 0.205. The molecule has 1 heterocycles. The molecule has 0 aromatic carbocycles. The third kappa shape index (κ3) is 1.88. The first-order valence-electron chi connectivity index (χ1n) is 3.21. The molecule has 0 atom stereocenters. The number of nitrogens with zero attached hydrogens (tertiary/aromatic N) is 3. The third-order valence-electron chi connectivity index (χ3n) is 1.23. The van der Waals surface area contributed by atoms with Crippen molar-refractivity contribution >= 4 is 11.8 Å². The number of ketones is 1. The summed E-state index contributed by atoms with van der Waals surface area (Å²) in [7, 11) is 1.59. The topological polar surface area (TPSA) is 85.1 Å². The van der Waals surface area contributed by atoms with Crippen LogP contribution in [0.1, 0.15) is 5.69 Å². The Morgan fingerprint density at radius 2 is 2.33 bits per heavy atom. The Hall–Kier alpha value is -1.72. The van der Waals surface area contributed by atoms with Crippen molar-refractivity contribution < 1.29 is 14.7 Å². The van der Waals surface area contributed by atoms with Crippen LogP contribution in [0.2, 0.25) is 0 Å². The van der Waals surface area contributed by atoms with Crippen LogP contribution in [0, 0.1) is 0 Å². The highest BCUT2D eigenvalue weighted by atomic mass is 16.4. The molecular weight excluding hydrogens is 162 g/mol. The second-order valence-electron chi connectivity index (χ2n) is 2.23. The van der Waals surface area contributed by atoms with Gasteiger partial charge in [-0.25, -0.2) is 4.79 Å². The first-order chi connectivity index (χ1) is 5.59. The van der Waals surface area contributed by atoms with Gasteiger partial charge in [0.1, 0.15) is 0 Å². The third-order valence-corrected chi connectivity index (χ3v) is 1.23. The van der Waals surface area contributed by atoms with E-state index < -0.39 is 11.8 Å². The first kappa shape index (κ1) is 8.38. The van der Waals surface area contributed by atoms with Crippen LogP contribution >= 0.6 is 0 Å². The SMILES string of the molecule is Cn1ncc(CC(=O)C(=O)O)n1. The smallest absolute Gasteiger partial charge is 0.372 e. The van der Waals surface area contributed by atoms with E-state index in [-0.39, 0.29) is 6.42 Å². The Morgan fingerprint density at radius 3 is 2.75 bits per heavy atom. The first-order valence-corrected chi connectivity index (χ1v) is 3.21. The molecule has 0 amide bonds. The van der Waals surface area contributed by atoms with Crippen LogP contribution in [0.15, 0.2) is 6.20 Å². The Bertz CT molecular complexity index is 318. The molecule has 0 aliphatic rings. The number of carbonyl (C=O) groups excluding carboxylic acids is 1. The van der Waals surface area contributed by atoms with Crippen molar-refractivity contribution in [3.63, 3.8) is 0 Å². The molecule has 12 heavy (non-hydrogen) atoms. The van der Waals surface area contributed by atoms with Gasteiger partial charge in [-0.2, -0.15) is 15.0 Å². The van der Waals surface area contributed by atoms with Gasteiger partial charge in [-0.05, 0) is 0 Å². The van der Waals surface area contributed by atoms with Gasteiger partial charge in [0.15, 0.2) is 0 Å². The molecule has 0 fully saturated rings. The van der Waals surface area contributed by atoms with Gasteiger partial charge in [0.05, 0.1) is 18.3 Å². The van der Waals surface area contributed by atoms with E-state index in [4.69, 9.17) is 5.11 Å². The monoisotopic (exact) mass is 169 g/mol. The van der Waals surface area contributed by atoms with Crippen LogP contribution in [0.5, 0.6) is 0 Å². The van der Waals surface area contributed by atoms with Crippen molar-refractivity contribution in [1.82, 2.24) is 15.0 Å². The number of hydrogen-bond donors (Lipinski definition) is 1. The van der Waals surface area contributed by atoms with Gasteiger partial charge in [0.2, 0.25) is 5.78 Å². The Morgan fingerprint density at radius 1 is 1.67 bits per heavy atom. The largest absolute Gasteiger partial charge is 0.475 e. The standard InChI is InChI=1S/C6H7N3O3/c1-9-7-3-4(8-9)2-5(10)6(11)12/h3H,2H2,1H3,(H,11,12). The van der Waals surface area contributed by atoms with Crippen LogP contribution in [0.25, 0.3) is 0 Å². The Labute approximate surface area is 67.8 Å². The molecular formula is C6H7N3O3. The highest BCUT2D eigenvalue weighted by Gasteiger charge is 2.13. The lowest BCUT2D eigenvalue weighted by molar-refractivity contribution is -0.148. The Kier molecular flexibility index (Phi) is 2.18. The average Bonchev–Trinajstić information content (AvgIpc) is 2.35. The van der Waals surface area contributed by atoms with Gasteiger partial charge in [0.25, 0.3) is 0 Å². The van der Waals surface area contributed by atoms with Gasteiger partial charge in [-0.15, -0.1) is 0 Å². The van der Waals surface area contributed by atoms with Gasteiger partial charge in [-0.3, -0.25) is 4.79 Å². The van der Waals surface area contributed by atoms with E-state index in [2.05, 4.69) is 10.2 Å². The van der Waals surface area contributed by atoms with Crippen molar-refractivity contribution in [2.45, 2.75) is 6.42 Å². The van der Waals surface area contributed by atoms with E-state index in [1.54, 1.807) is 7.05 Å². The lowest BCUT2D eigenvalue weighted by atomic mass is 10.2. The van der Waals surface area contributed by atoms with E-state index in [1.807, 2.05) is 0 Å². The quantitative estimate of drug-likeness (QED) is 0.587. The molecule has 0 saturated heterocycles. The maximum atomic E-state index is 10.6. The number of carboxylic acids is 1. The summed E-state index contributed by atoms with van der Waals surface area (Å²) < 4.78 is 0. The molecule has 0 bridgehead atoms. The van der Waals surface area contributed by atoms with Gasteiger partial charge >= 0.3 is 5.97 Å². The van der Waals surface area contributed by atoms with Crippen molar-refractivity contribution in [1.29, 1.82) is 0 Å². The summed E-state index contributed by atoms with van der Waals surface area (Å²) in [5.74, 6) is -2.32. The predicted octanol–water partition coefficient (Wildman–Crippen LogP) is -0.989. The van der Waals surface area contributed by atoms with Crippen molar-refractivity contribution in [2.24, 2.45) is 7.05 Å². The highest BCUT2D eigenvalue weighted by Crippen LogP contribution is 1.93. The summed E-state index contributed by atoms with van der Waals surface area (Å²) in [6.07, 6.45) is 1.16. The minimum Gasteiger partial charge on any atom is -0.475 e. The zero-order valence-electron chi connectivity index (χ0n) is 6.39. The zero-order chi connectivity index (χ0) is 9.14. The molecule has 0 aliphatic carbocycles. The molecule has 1 aromatic heterocycles. The number of rotatable bonds is 3. The van der Waals surface area contributed by atoms with Gasteiger partial charge in [-0.1, -0.05) is 0 Å². The van der Waals surface area contributed by atoms with Crippen molar-refractivity contribution in [2.75, 3.05) is 0 Å². The molecule has 0 unspecified atom stereocenters. The summed E-state index contributed by atoms with van der Waals surface area (Å²) in [6.45, 7) is 0. The van der Waals surface area contributed by atoms with Crippen LogP contribution in [-0.2, 0) is 23.1 Å². The number of aromatic nitrogens is 3. The van der Waals surface area contributed by atoms with Gasteiger partial charge in [0, 0.05) is 7.05 Å². The average molecular weight is 169 g/mol. The number of carboxylic acid groups (broad SMARTS) is 1. The lowest BCUT2D eigenvalue weighted by Crippen LogP contribution is -2.15. The van der Waals surface area contributed by atoms with Crippen LogP contribution in [-0.4, -0.2) is 31.9 Å². The summed E-state index contributed by atoms with van der Waals surface area (Å²) in [5.41, 5.74) is 0.366. The molecule has 0 aliphatic heterocycles. The molecule has 6 heteroatoms. The Balaban J connectivity index is 2.64. The summed E-state index contributed by atoms with van der Waals surface area (Å²) in [4.78, 5) is 22.0. The molecule has 1 aromatic rings. The number of Topliss-reactive ketones (excluding diaryl/α,β-unsaturated/α-hetero) is 1. The fourth-order valence-corrected chi connectivity index (χ4v) is 0.709. The second kappa shape index (κ2) is 3.12. The van der Waals surface area contributed by atoms with Crippen LogP contribution in [0.3, 0.4) is 0 Å². The number of carbonyl (C=O) groups is 2. The second-order valence-corrected chi connectivity index (χ2v) is 2.23. The molecule has 64 valence electrons. The molecule has 0 saturated carbocycles. The van der Waals surface area contributed by atoms with E-state index in [1.165, 1.54) is 11.0 Å². The fraction of sp³-hybridized carbons (Fsp3) is 0.333. The highest BCUT2D eigenvalue weighted by molar-refractivity contribution is 6.33. The fourth-order valence-electron chi connectivity index (χ4n) is 0.709. The molecule has 0 spiro atoms. The maximum Gasteiger partial charge on any atom is 0.372 e. The molecule has 1 N–H and O–H groups in total. The van der Waals surface area contributed by atoms with Crippen molar-refractivity contribution in [3.8, 4) is 0 Å². The van der Waals surface area contributed by atoms with E-state index in [9.17, 15) is 9.59 Å². The summed E-state index contributed by atoms with van der Waals surface area (Å²) in [6, 6.07) is 0. The van der Waals surface area contributed by atoms with Crippen molar-refractivity contribution in [3.05, 3.63) is 11.9 Å². The lowest BCUT2D eigenvalue weighted by Gasteiger charge is -1.88. The molecule has 0 radical (unpaired) electrons. The summed E-state index contributed by atoms with van der Waals surface area (Å²) >= 11 is 0. The molecule has 6 nitrogen and oxygen atoms in total. The van der Waals surface area contributed by atoms with E-state index in [0.29, 0.717) is 5.69 Å². The number of aryl methyl sites for hydroxylation is 1.